The number of ether oxygens (including phenoxy) is 1. The summed E-state index contributed by atoms with van der Waals surface area (Å²) in [5.74, 6) is 2.04. The molecular weight excluding hydrogens is 204 g/mol. The molecule has 0 amide bonds. The third-order valence-electron chi connectivity index (χ3n) is 1.88. The van der Waals surface area contributed by atoms with Crippen molar-refractivity contribution in [3.05, 3.63) is 29.8 Å². The number of rotatable bonds is 5. The summed E-state index contributed by atoms with van der Waals surface area (Å²) in [4.78, 5) is 0. The summed E-state index contributed by atoms with van der Waals surface area (Å²) in [6.07, 6.45) is 0.251. The quantitative estimate of drug-likeness (QED) is 0.744. The number of hydrogen-bond acceptors (Lipinski definition) is 2. The highest BCUT2D eigenvalue weighted by molar-refractivity contribution is 7.99. The van der Waals surface area contributed by atoms with E-state index in [9.17, 15) is 0 Å². The van der Waals surface area contributed by atoms with Gasteiger partial charge in [0.15, 0.2) is 0 Å². The number of thioether (sulfide) groups is 1. The van der Waals surface area contributed by atoms with Gasteiger partial charge in [0.1, 0.15) is 5.75 Å². The van der Waals surface area contributed by atoms with Crippen LogP contribution < -0.4 is 4.74 Å². The van der Waals surface area contributed by atoms with Crippen molar-refractivity contribution >= 4 is 11.8 Å². The lowest BCUT2D eigenvalue weighted by atomic mass is 10.2. The molecule has 1 aromatic rings. The fourth-order valence-corrected chi connectivity index (χ4v) is 1.92. The molecule has 2 heteroatoms. The van der Waals surface area contributed by atoms with E-state index >= 15 is 0 Å². The van der Waals surface area contributed by atoms with Gasteiger partial charge in [-0.2, -0.15) is 11.8 Å². The van der Waals surface area contributed by atoms with Crippen molar-refractivity contribution in [3.63, 3.8) is 0 Å². The third kappa shape index (κ3) is 5.12. The monoisotopic (exact) mass is 224 g/mol. The second-order valence-corrected chi connectivity index (χ2v) is 5.74. The fourth-order valence-electron chi connectivity index (χ4n) is 1.20. The zero-order valence-electron chi connectivity index (χ0n) is 9.99. The minimum atomic E-state index is 0.251. The maximum atomic E-state index is 5.59. The Balaban J connectivity index is 2.49. The molecule has 1 rings (SSSR count). The van der Waals surface area contributed by atoms with E-state index in [2.05, 4.69) is 38.1 Å². The zero-order chi connectivity index (χ0) is 11.3. The Morgan fingerprint density at radius 2 is 1.67 bits per heavy atom. The van der Waals surface area contributed by atoms with E-state index in [4.69, 9.17) is 4.74 Å². The summed E-state index contributed by atoms with van der Waals surface area (Å²) in [6.45, 7) is 8.53. The summed E-state index contributed by atoms with van der Waals surface area (Å²) < 4.78 is 5.59. The molecule has 0 atom stereocenters. The molecule has 1 aromatic carbocycles. The van der Waals surface area contributed by atoms with Gasteiger partial charge in [-0.05, 0) is 36.8 Å². The van der Waals surface area contributed by atoms with Gasteiger partial charge in [-0.1, -0.05) is 26.0 Å². The second-order valence-electron chi connectivity index (χ2n) is 4.17. The Labute approximate surface area is 97.2 Å². The molecule has 0 aliphatic heterocycles. The average Bonchev–Trinajstić information content (AvgIpc) is 2.16. The van der Waals surface area contributed by atoms with Gasteiger partial charge in [0, 0.05) is 5.75 Å². The normalized spacial score (nSPS) is 11.1. The smallest absolute Gasteiger partial charge is 0.119 e. The van der Waals surface area contributed by atoms with Crippen LogP contribution in [0.2, 0.25) is 0 Å². The Kier molecular flexibility index (Phi) is 5.03. The summed E-state index contributed by atoms with van der Waals surface area (Å²) in [7, 11) is 0. The molecule has 0 saturated heterocycles. The van der Waals surface area contributed by atoms with Gasteiger partial charge in [-0.25, -0.2) is 0 Å². The molecule has 0 unspecified atom stereocenters. The molecule has 0 aromatic heterocycles. The summed E-state index contributed by atoms with van der Waals surface area (Å²) >= 11 is 1.96. The van der Waals surface area contributed by atoms with Gasteiger partial charge < -0.3 is 4.74 Å². The minimum Gasteiger partial charge on any atom is -0.491 e. The molecule has 0 fully saturated rings. The molecule has 0 aliphatic rings. The van der Waals surface area contributed by atoms with E-state index in [-0.39, 0.29) is 6.10 Å². The van der Waals surface area contributed by atoms with Crippen molar-refractivity contribution in [1.82, 2.24) is 0 Å². The van der Waals surface area contributed by atoms with Gasteiger partial charge in [0.05, 0.1) is 6.10 Å². The SMILES string of the molecule is CC(C)Oc1ccc(CSC(C)C)cc1. The van der Waals surface area contributed by atoms with Crippen LogP contribution in [0.3, 0.4) is 0 Å². The largest absolute Gasteiger partial charge is 0.491 e. The van der Waals surface area contributed by atoms with Crippen molar-refractivity contribution < 1.29 is 4.74 Å². The molecule has 15 heavy (non-hydrogen) atoms. The Morgan fingerprint density at radius 1 is 1.07 bits per heavy atom. The molecular formula is C13H20OS. The van der Waals surface area contributed by atoms with Crippen LogP contribution in [0, 0.1) is 0 Å². The van der Waals surface area contributed by atoms with E-state index in [1.54, 1.807) is 0 Å². The Morgan fingerprint density at radius 3 is 2.13 bits per heavy atom. The molecule has 1 nitrogen and oxygen atoms in total. The molecule has 0 radical (unpaired) electrons. The van der Waals surface area contributed by atoms with Crippen LogP contribution in [0.1, 0.15) is 33.3 Å². The van der Waals surface area contributed by atoms with Crippen LogP contribution >= 0.6 is 11.8 Å². The molecule has 0 saturated carbocycles. The van der Waals surface area contributed by atoms with Gasteiger partial charge in [-0.3, -0.25) is 0 Å². The van der Waals surface area contributed by atoms with Gasteiger partial charge in [0.25, 0.3) is 0 Å². The lowest BCUT2D eigenvalue weighted by Gasteiger charge is -2.10. The first-order valence-electron chi connectivity index (χ1n) is 5.45. The standard InChI is InChI=1S/C13H20OS/c1-10(2)14-13-7-5-12(6-8-13)9-15-11(3)4/h5-8,10-11H,9H2,1-4H3. The third-order valence-corrected chi connectivity index (χ3v) is 3.05. The highest BCUT2D eigenvalue weighted by atomic mass is 32.2. The second kappa shape index (κ2) is 6.06. The lowest BCUT2D eigenvalue weighted by molar-refractivity contribution is 0.242. The molecule has 84 valence electrons. The molecule has 0 N–H and O–H groups in total. The summed E-state index contributed by atoms with van der Waals surface area (Å²) in [6, 6.07) is 8.40. The molecule has 0 heterocycles. The van der Waals surface area contributed by atoms with Crippen molar-refractivity contribution in [3.8, 4) is 5.75 Å². The highest BCUT2D eigenvalue weighted by Gasteiger charge is 1.99. The van der Waals surface area contributed by atoms with Gasteiger partial charge in [-0.15, -0.1) is 0 Å². The van der Waals surface area contributed by atoms with E-state index in [1.807, 2.05) is 25.6 Å². The van der Waals surface area contributed by atoms with Gasteiger partial charge >= 0.3 is 0 Å². The van der Waals surface area contributed by atoms with E-state index in [0.717, 1.165) is 11.5 Å². The Hall–Kier alpha value is -0.630. The van der Waals surface area contributed by atoms with E-state index in [0.29, 0.717) is 5.25 Å². The van der Waals surface area contributed by atoms with Crippen molar-refractivity contribution in [2.24, 2.45) is 0 Å². The first-order valence-corrected chi connectivity index (χ1v) is 6.50. The highest BCUT2D eigenvalue weighted by Crippen LogP contribution is 2.20. The molecule has 0 aliphatic carbocycles. The topological polar surface area (TPSA) is 9.23 Å². The fraction of sp³-hybridized carbons (Fsp3) is 0.538. The van der Waals surface area contributed by atoms with Crippen LogP contribution in [-0.4, -0.2) is 11.4 Å². The van der Waals surface area contributed by atoms with E-state index < -0.39 is 0 Å². The van der Waals surface area contributed by atoms with Crippen molar-refractivity contribution in [1.29, 1.82) is 0 Å². The maximum Gasteiger partial charge on any atom is 0.119 e. The number of benzene rings is 1. The van der Waals surface area contributed by atoms with Crippen molar-refractivity contribution in [2.45, 2.75) is 44.8 Å². The summed E-state index contributed by atoms with van der Waals surface area (Å²) in [5.41, 5.74) is 1.37. The first kappa shape index (κ1) is 12.4. The first-order chi connectivity index (χ1) is 7.08. The van der Waals surface area contributed by atoms with Gasteiger partial charge in [0.2, 0.25) is 0 Å². The zero-order valence-corrected chi connectivity index (χ0v) is 10.8. The lowest BCUT2D eigenvalue weighted by Crippen LogP contribution is -2.05. The molecule has 0 bridgehead atoms. The van der Waals surface area contributed by atoms with Crippen LogP contribution in [-0.2, 0) is 5.75 Å². The van der Waals surface area contributed by atoms with Crippen LogP contribution in [0.15, 0.2) is 24.3 Å². The predicted octanol–water partition coefficient (Wildman–Crippen LogP) is 4.12. The number of hydrogen-bond donors (Lipinski definition) is 0. The van der Waals surface area contributed by atoms with Crippen LogP contribution in [0.4, 0.5) is 0 Å². The predicted molar refractivity (Wildman–Crippen MR) is 68.6 cm³/mol. The maximum absolute atomic E-state index is 5.59. The van der Waals surface area contributed by atoms with Crippen LogP contribution in [0.5, 0.6) is 5.75 Å². The van der Waals surface area contributed by atoms with E-state index in [1.165, 1.54) is 5.56 Å². The van der Waals surface area contributed by atoms with Crippen molar-refractivity contribution in [2.75, 3.05) is 0 Å². The Bertz CT molecular complexity index is 277. The average molecular weight is 224 g/mol. The van der Waals surface area contributed by atoms with Crippen LogP contribution in [0.25, 0.3) is 0 Å². The minimum absolute atomic E-state index is 0.251. The molecule has 0 spiro atoms. The summed E-state index contributed by atoms with van der Waals surface area (Å²) in [5, 5.41) is 0.691.